The summed E-state index contributed by atoms with van der Waals surface area (Å²) in [7, 11) is 0. The molecule has 0 saturated carbocycles. The number of ether oxygens (including phenoxy) is 1. The van der Waals surface area contributed by atoms with Crippen molar-refractivity contribution < 1.29 is 4.74 Å². The minimum Gasteiger partial charge on any atom is -0.464 e. The van der Waals surface area contributed by atoms with Gasteiger partial charge in [-0.1, -0.05) is 70.0 Å². The Morgan fingerprint density at radius 3 is 2.48 bits per heavy atom. The molecule has 3 aromatic rings. The van der Waals surface area contributed by atoms with Crippen molar-refractivity contribution in [3.63, 3.8) is 0 Å². The Hall–Kier alpha value is -2.30. The van der Waals surface area contributed by atoms with E-state index in [1.807, 2.05) is 48.5 Å². The molecule has 0 amide bonds. The monoisotopic (exact) mass is 438 g/mol. The van der Waals surface area contributed by atoms with Crippen LogP contribution in [0.15, 0.2) is 82.4 Å². The van der Waals surface area contributed by atoms with E-state index in [-0.39, 0.29) is 12.3 Å². The maximum Gasteiger partial charge on any atom is 0.213 e. The first kappa shape index (κ1) is 16.8. The first-order valence-corrected chi connectivity index (χ1v) is 9.99. The Morgan fingerprint density at radius 2 is 1.70 bits per heavy atom. The van der Waals surface area contributed by atoms with Crippen LogP contribution in [0.4, 0.5) is 0 Å². The van der Waals surface area contributed by atoms with Crippen LogP contribution in [0, 0.1) is 0 Å². The second kappa shape index (κ2) is 6.70. The molecule has 0 aliphatic carbocycles. The van der Waals surface area contributed by atoms with Crippen molar-refractivity contribution in [2.75, 3.05) is 0 Å². The van der Waals surface area contributed by atoms with E-state index in [0.29, 0.717) is 0 Å². The zero-order chi connectivity index (χ0) is 18.4. The molecule has 0 radical (unpaired) electrons. The van der Waals surface area contributed by atoms with Crippen LogP contribution >= 0.6 is 27.5 Å². The van der Waals surface area contributed by atoms with Gasteiger partial charge in [-0.2, -0.15) is 5.10 Å². The molecule has 2 aliphatic rings. The van der Waals surface area contributed by atoms with Crippen LogP contribution in [0.5, 0.6) is 5.75 Å². The lowest BCUT2D eigenvalue weighted by Crippen LogP contribution is -2.33. The second-order valence-electron chi connectivity index (χ2n) is 6.71. The predicted octanol–water partition coefficient (Wildman–Crippen LogP) is 6.34. The molecule has 0 spiro atoms. The van der Waals surface area contributed by atoms with Crippen LogP contribution in [0.2, 0.25) is 5.02 Å². The lowest BCUT2D eigenvalue weighted by Gasteiger charge is -2.38. The third kappa shape index (κ3) is 3.03. The Labute approximate surface area is 171 Å². The number of benzene rings is 3. The predicted molar refractivity (Wildman–Crippen MR) is 111 cm³/mol. The lowest BCUT2D eigenvalue weighted by atomic mass is 9.96. The molecule has 3 aromatic carbocycles. The third-order valence-electron chi connectivity index (χ3n) is 5.03. The number of hydrogen-bond acceptors (Lipinski definition) is 3. The van der Waals surface area contributed by atoms with Crippen molar-refractivity contribution in [1.29, 1.82) is 0 Å². The third-order valence-corrected chi connectivity index (χ3v) is 5.81. The normalized spacial score (nSPS) is 20.5. The number of rotatable bonds is 2. The van der Waals surface area contributed by atoms with Gasteiger partial charge in [-0.15, -0.1) is 0 Å². The van der Waals surface area contributed by atoms with Crippen LogP contribution in [-0.2, 0) is 0 Å². The van der Waals surface area contributed by atoms with Gasteiger partial charge in [0.2, 0.25) is 6.23 Å². The molecule has 0 fully saturated rings. The summed E-state index contributed by atoms with van der Waals surface area (Å²) in [6.45, 7) is 0. The van der Waals surface area contributed by atoms with E-state index in [9.17, 15) is 0 Å². The molecule has 0 bridgehead atoms. The number of fused-ring (bicyclic) bond motifs is 3. The van der Waals surface area contributed by atoms with Crippen LogP contribution in [-0.4, -0.2) is 10.7 Å². The molecule has 5 heteroatoms. The average molecular weight is 440 g/mol. The van der Waals surface area contributed by atoms with E-state index in [4.69, 9.17) is 21.4 Å². The van der Waals surface area contributed by atoms with Gasteiger partial charge in [0, 0.05) is 27.0 Å². The first-order valence-electron chi connectivity index (χ1n) is 8.82. The molecule has 0 unspecified atom stereocenters. The van der Waals surface area contributed by atoms with E-state index in [1.54, 1.807) is 0 Å². The molecule has 2 atom stereocenters. The van der Waals surface area contributed by atoms with E-state index < -0.39 is 0 Å². The first-order chi connectivity index (χ1) is 13.2. The molecule has 2 aliphatic heterocycles. The van der Waals surface area contributed by atoms with Gasteiger partial charge in [-0.3, -0.25) is 0 Å². The van der Waals surface area contributed by atoms with E-state index in [2.05, 4.69) is 45.2 Å². The van der Waals surface area contributed by atoms with Gasteiger partial charge in [0.1, 0.15) is 5.75 Å². The molecule has 0 N–H and O–H groups in total. The summed E-state index contributed by atoms with van der Waals surface area (Å²) >= 11 is 9.55. The summed E-state index contributed by atoms with van der Waals surface area (Å²) in [5.41, 5.74) is 4.41. The summed E-state index contributed by atoms with van der Waals surface area (Å²) in [6, 6.07) is 24.5. The minimum absolute atomic E-state index is 0.161. The molecule has 0 saturated heterocycles. The number of para-hydroxylation sites is 1. The van der Waals surface area contributed by atoms with E-state index in [0.717, 1.165) is 38.5 Å². The van der Waals surface area contributed by atoms with Gasteiger partial charge in [0.25, 0.3) is 0 Å². The van der Waals surface area contributed by atoms with Crippen molar-refractivity contribution in [3.8, 4) is 5.75 Å². The lowest BCUT2D eigenvalue weighted by molar-refractivity contribution is -0.0190. The smallest absolute Gasteiger partial charge is 0.213 e. The van der Waals surface area contributed by atoms with Gasteiger partial charge in [-0.05, 0) is 35.9 Å². The van der Waals surface area contributed by atoms with Crippen molar-refractivity contribution in [1.82, 2.24) is 5.01 Å². The summed E-state index contributed by atoms with van der Waals surface area (Å²) in [5, 5.41) is 7.78. The van der Waals surface area contributed by atoms with E-state index >= 15 is 0 Å². The SMILES string of the molecule is Clc1ccc(C2=NN3[C@H](C2)c2ccccc2O[C@H]3c2ccc(Br)cc2)cc1. The number of hydrazone groups is 1. The maximum absolute atomic E-state index is 6.36. The Kier molecular flexibility index (Phi) is 4.18. The topological polar surface area (TPSA) is 24.8 Å². The quantitative estimate of drug-likeness (QED) is 0.465. The zero-order valence-electron chi connectivity index (χ0n) is 14.3. The Balaban J connectivity index is 1.58. The molecule has 0 aromatic heterocycles. The van der Waals surface area contributed by atoms with Crippen LogP contribution in [0.25, 0.3) is 0 Å². The Morgan fingerprint density at radius 1 is 0.963 bits per heavy atom. The van der Waals surface area contributed by atoms with Crippen molar-refractivity contribution in [2.45, 2.75) is 18.7 Å². The summed E-state index contributed by atoms with van der Waals surface area (Å²) in [4.78, 5) is 0. The minimum atomic E-state index is -0.247. The standard InChI is InChI=1S/C22H16BrClN2O/c23-16-9-5-15(6-10-16)22-26-20(18-3-1-2-4-21(18)27-22)13-19(25-26)14-7-11-17(24)12-8-14/h1-12,20,22H,13H2/t20-,22+/m1/s1. The van der Waals surface area contributed by atoms with Gasteiger partial charge in [0.05, 0.1) is 11.8 Å². The molecular formula is C22H16BrClN2O. The largest absolute Gasteiger partial charge is 0.464 e. The van der Waals surface area contributed by atoms with Crippen molar-refractivity contribution in [2.24, 2.45) is 5.10 Å². The van der Waals surface area contributed by atoms with Gasteiger partial charge < -0.3 is 4.74 Å². The second-order valence-corrected chi connectivity index (χ2v) is 8.07. The molecule has 5 rings (SSSR count). The summed E-state index contributed by atoms with van der Waals surface area (Å²) < 4.78 is 7.40. The highest BCUT2D eigenvalue weighted by Gasteiger charge is 2.40. The number of hydrogen-bond donors (Lipinski definition) is 0. The van der Waals surface area contributed by atoms with E-state index in [1.165, 1.54) is 5.56 Å². The maximum atomic E-state index is 6.36. The molecule has 134 valence electrons. The van der Waals surface area contributed by atoms with Crippen LogP contribution in [0.1, 0.15) is 35.4 Å². The molecule has 2 heterocycles. The number of halogens is 2. The number of nitrogens with zero attached hydrogens (tertiary/aromatic N) is 2. The fourth-order valence-electron chi connectivity index (χ4n) is 3.70. The molecule has 27 heavy (non-hydrogen) atoms. The Bertz CT molecular complexity index is 1020. The fourth-order valence-corrected chi connectivity index (χ4v) is 4.09. The summed E-state index contributed by atoms with van der Waals surface area (Å²) in [6.07, 6.45) is 0.595. The fraction of sp³-hybridized carbons (Fsp3) is 0.136. The molecule has 3 nitrogen and oxygen atoms in total. The highest BCUT2D eigenvalue weighted by molar-refractivity contribution is 9.10. The summed E-state index contributed by atoms with van der Waals surface area (Å²) in [5.74, 6) is 0.930. The van der Waals surface area contributed by atoms with Crippen molar-refractivity contribution in [3.05, 3.63) is 99.0 Å². The average Bonchev–Trinajstić information content (AvgIpc) is 3.14. The zero-order valence-corrected chi connectivity index (χ0v) is 16.7. The van der Waals surface area contributed by atoms with Gasteiger partial charge >= 0.3 is 0 Å². The molecular weight excluding hydrogens is 424 g/mol. The van der Waals surface area contributed by atoms with Gasteiger partial charge in [0.15, 0.2) is 0 Å². The van der Waals surface area contributed by atoms with Crippen molar-refractivity contribution >= 4 is 33.2 Å². The van der Waals surface area contributed by atoms with Gasteiger partial charge in [-0.25, -0.2) is 5.01 Å². The van der Waals surface area contributed by atoms with Crippen LogP contribution in [0.3, 0.4) is 0 Å². The highest BCUT2D eigenvalue weighted by atomic mass is 79.9. The van der Waals surface area contributed by atoms with Crippen LogP contribution < -0.4 is 4.74 Å². The highest BCUT2D eigenvalue weighted by Crippen LogP contribution is 2.47.